The molecule has 0 unspecified atom stereocenters. The van der Waals surface area contributed by atoms with Gasteiger partial charge in [0, 0.05) is 28.8 Å². The lowest BCUT2D eigenvalue weighted by molar-refractivity contribution is 0.102. The van der Waals surface area contributed by atoms with Crippen LogP contribution in [-0.2, 0) is 18.4 Å². The van der Waals surface area contributed by atoms with E-state index in [4.69, 9.17) is 5.73 Å². The van der Waals surface area contributed by atoms with Crippen LogP contribution in [0.2, 0.25) is 0 Å². The monoisotopic (exact) mass is 497 g/mol. The van der Waals surface area contributed by atoms with E-state index in [9.17, 15) is 15.0 Å². The third-order valence-electron chi connectivity index (χ3n) is 6.16. The molecular formula is C29H31N5O3. The number of rotatable bonds is 6. The molecule has 1 amide bonds. The molecule has 190 valence electrons. The first kappa shape index (κ1) is 25.8. The Bertz CT molecular complexity index is 1440. The molecule has 4 aromatic rings. The van der Waals surface area contributed by atoms with Gasteiger partial charge in [-0.15, -0.1) is 0 Å². The lowest BCUT2D eigenvalue weighted by atomic mass is 9.86. The Morgan fingerprint density at radius 2 is 1.73 bits per heavy atom. The molecule has 0 atom stereocenters. The van der Waals surface area contributed by atoms with E-state index in [2.05, 4.69) is 41.0 Å². The third kappa shape index (κ3) is 5.92. The molecule has 0 spiro atoms. The summed E-state index contributed by atoms with van der Waals surface area (Å²) in [7, 11) is 0. The summed E-state index contributed by atoms with van der Waals surface area (Å²) in [6, 6.07) is 18.0. The van der Waals surface area contributed by atoms with Crippen LogP contribution >= 0.6 is 0 Å². The van der Waals surface area contributed by atoms with Gasteiger partial charge in [0.15, 0.2) is 5.82 Å². The number of hydrogen-bond acceptors (Lipinski definition) is 7. The van der Waals surface area contributed by atoms with Crippen LogP contribution in [0.3, 0.4) is 0 Å². The highest BCUT2D eigenvalue weighted by atomic mass is 16.3. The number of aromatic nitrogens is 3. The van der Waals surface area contributed by atoms with Gasteiger partial charge < -0.3 is 21.3 Å². The number of benzene rings is 3. The van der Waals surface area contributed by atoms with E-state index in [0.717, 1.165) is 16.7 Å². The largest absolute Gasteiger partial charge is 0.508 e. The fraction of sp³-hybridized carbons (Fsp3) is 0.241. The average Bonchev–Trinajstić information content (AvgIpc) is 2.85. The van der Waals surface area contributed by atoms with E-state index in [1.807, 2.05) is 25.1 Å². The number of phenolic OH excluding ortho intramolecular Hbond substituents is 1. The summed E-state index contributed by atoms with van der Waals surface area (Å²) in [6.45, 7) is 7.83. The fourth-order valence-electron chi connectivity index (χ4n) is 4.05. The van der Waals surface area contributed by atoms with Crippen LogP contribution in [0.25, 0.3) is 11.4 Å². The van der Waals surface area contributed by atoms with E-state index in [1.165, 1.54) is 0 Å². The topological polar surface area (TPSA) is 134 Å². The molecule has 0 aliphatic heterocycles. The Labute approximate surface area is 216 Å². The van der Waals surface area contributed by atoms with Crippen LogP contribution in [0.15, 0.2) is 60.7 Å². The maximum atomic E-state index is 13.0. The number of carbonyl (C=O) groups excluding carboxylic acids is 1. The number of carbonyl (C=O) groups is 1. The lowest BCUT2D eigenvalue weighted by Gasteiger charge is -2.19. The number of nitrogen functional groups attached to an aromatic ring is 1. The number of hydrogen-bond donors (Lipinski definition) is 4. The summed E-state index contributed by atoms with van der Waals surface area (Å²) in [5, 5.41) is 22.9. The molecule has 3 aromatic carbocycles. The second-order valence-electron chi connectivity index (χ2n) is 10.0. The molecule has 0 aliphatic carbocycles. The van der Waals surface area contributed by atoms with Crippen molar-refractivity contribution >= 4 is 17.5 Å². The van der Waals surface area contributed by atoms with Crippen LogP contribution < -0.4 is 11.1 Å². The highest BCUT2D eigenvalue weighted by Gasteiger charge is 2.18. The Morgan fingerprint density at radius 3 is 2.38 bits per heavy atom. The Balaban J connectivity index is 1.63. The minimum absolute atomic E-state index is 0.0141. The molecule has 0 radical (unpaired) electrons. The first-order chi connectivity index (χ1) is 17.5. The highest BCUT2D eigenvalue weighted by Crippen LogP contribution is 2.29. The van der Waals surface area contributed by atoms with E-state index in [0.29, 0.717) is 40.4 Å². The molecule has 37 heavy (non-hydrogen) atoms. The molecular weight excluding hydrogens is 466 g/mol. The van der Waals surface area contributed by atoms with Gasteiger partial charge in [0.2, 0.25) is 5.95 Å². The van der Waals surface area contributed by atoms with Crippen molar-refractivity contribution in [1.29, 1.82) is 0 Å². The number of aliphatic hydroxyl groups is 1. The molecule has 0 fully saturated rings. The predicted molar refractivity (Wildman–Crippen MR) is 144 cm³/mol. The van der Waals surface area contributed by atoms with Crippen molar-refractivity contribution in [3.63, 3.8) is 0 Å². The van der Waals surface area contributed by atoms with Crippen molar-refractivity contribution in [2.24, 2.45) is 0 Å². The summed E-state index contributed by atoms with van der Waals surface area (Å²) in [4.78, 5) is 26.1. The number of aromatic hydroxyl groups is 1. The normalized spacial score (nSPS) is 11.4. The zero-order valence-corrected chi connectivity index (χ0v) is 21.4. The second-order valence-corrected chi connectivity index (χ2v) is 10.0. The second kappa shape index (κ2) is 10.4. The first-order valence-corrected chi connectivity index (χ1v) is 12.0. The number of nitrogens with zero attached hydrogens (tertiary/aromatic N) is 3. The summed E-state index contributed by atoms with van der Waals surface area (Å²) >= 11 is 0. The molecule has 0 bridgehead atoms. The summed E-state index contributed by atoms with van der Waals surface area (Å²) in [5.74, 6) is 0.729. The SMILES string of the molecule is Cc1cc(Cc2nc(N)nc(-c3cccc(NC(=O)c4ccc(C(C)(C)C)cc4)c3CO)n2)ccc1O. The molecule has 1 aromatic heterocycles. The zero-order valence-electron chi connectivity index (χ0n) is 21.4. The highest BCUT2D eigenvalue weighted by molar-refractivity contribution is 6.05. The molecule has 0 saturated heterocycles. The Kier molecular flexibility index (Phi) is 7.22. The summed E-state index contributed by atoms with van der Waals surface area (Å²) in [6.07, 6.45) is 0.385. The Morgan fingerprint density at radius 1 is 1.00 bits per heavy atom. The molecule has 0 aliphatic rings. The van der Waals surface area contributed by atoms with Gasteiger partial charge in [-0.25, -0.2) is 4.98 Å². The average molecular weight is 498 g/mol. The smallest absolute Gasteiger partial charge is 0.255 e. The number of nitrogens with one attached hydrogen (secondary N) is 1. The molecule has 8 heteroatoms. The standard InChI is InChI=1S/C29H31N5O3/c1-17-14-18(8-13-24(17)36)15-25-32-26(34-28(30)33-25)21-6-5-7-23(22(21)16-35)31-27(37)19-9-11-20(12-10-19)29(2,3)4/h5-14,35-36H,15-16H2,1-4H3,(H,31,37)(H2,30,32,33,34). The van der Waals surface area contributed by atoms with Gasteiger partial charge in [0.1, 0.15) is 11.6 Å². The minimum Gasteiger partial charge on any atom is -0.508 e. The van der Waals surface area contributed by atoms with Gasteiger partial charge in [-0.2, -0.15) is 9.97 Å². The van der Waals surface area contributed by atoms with E-state index in [1.54, 1.807) is 42.5 Å². The molecule has 5 N–H and O–H groups in total. The van der Waals surface area contributed by atoms with Crippen LogP contribution in [-0.4, -0.2) is 31.1 Å². The van der Waals surface area contributed by atoms with Crippen molar-refractivity contribution in [2.75, 3.05) is 11.1 Å². The van der Waals surface area contributed by atoms with Crippen molar-refractivity contribution in [3.05, 3.63) is 94.3 Å². The molecule has 8 nitrogen and oxygen atoms in total. The maximum Gasteiger partial charge on any atom is 0.255 e. The summed E-state index contributed by atoms with van der Waals surface area (Å²) < 4.78 is 0. The molecule has 4 rings (SSSR count). The van der Waals surface area contributed by atoms with Gasteiger partial charge in [0.25, 0.3) is 5.91 Å². The van der Waals surface area contributed by atoms with Gasteiger partial charge >= 0.3 is 0 Å². The van der Waals surface area contributed by atoms with Gasteiger partial charge in [-0.05, 0) is 53.3 Å². The predicted octanol–water partition coefficient (Wildman–Crippen LogP) is 4.77. The van der Waals surface area contributed by atoms with Crippen molar-refractivity contribution < 1.29 is 15.0 Å². The number of aryl methyl sites for hydroxylation is 1. The number of aliphatic hydroxyl groups excluding tert-OH is 1. The lowest BCUT2D eigenvalue weighted by Crippen LogP contribution is -2.15. The minimum atomic E-state index is -0.340. The van der Waals surface area contributed by atoms with Crippen molar-refractivity contribution in [2.45, 2.75) is 46.1 Å². The zero-order chi connectivity index (χ0) is 26.7. The van der Waals surface area contributed by atoms with E-state index in [-0.39, 0.29) is 29.6 Å². The van der Waals surface area contributed by atoms with Crippen molar-refractivity contribution in [1.82, 2.24) is 15.0 Å². The van der Waals surface area contributed by atoms with Crippen LogP contribution in [0.4, 0.5) is 11.6 Å². The number of anilines is 2. The van der Waals surface area contributed by atoms with Gasteiger partial charge in [0.05, 0.1) is 6.61 Å². The van der Waals surface area contributed by atoms with E-state index >= 15 is 0 Å². The van der Waals surface area contributed by atoms with Gasteiger partial charge in [-0.3, -0.25) is 4.79 Å². The fourth-order valence-corrected chi connectivity index (χ4v) is 4.05. The van der Waals surface area contributed by atoms with E-state index < -0.39 is 0 Å². The Hall–Kier alpha value is -4.30. The number of nitrogens with two attached hydrogens (primary N) is 1. The molecule has 1 heterocycles. The third-order valence-corrected chi connectivity index (χ3v) is 6.16. The van der Waals surface area contributed by atoms with Crippen molar-refractivity contribution in [3.8, 4) is 17.1 Å². The van der Waals surface area contributed by atoms with Crippen LogP contribution in [0.1, 0.15) is 59.2 Å². The number of phenols is 1. The molecule has 0 saturated carbocycles. The first-order valence-electron chi connectivity index (χ1n) is 12.0. The van der Waals surface area contributed by atoms with Gasteiger partial charge in [-0.1, -0.05) is 57.2 Å². The van der Waals surface area contributed by atoms with Crippen LogP contribution in [0, 0.1) is 6.92 Å². The quantitative estimate of drug-likeness (QED) is 0.301. The summed E-state index contributed by atoms with van der Waals surface area (Å²) in [5.41, 5.74) is 10.8. The number of amides is 1. The maximum absolute atomic E-state index is 13.0. The van der Waals surface area contributed by atoms with Crippen LogP contribution in [0.5, 0.6) is 5.75 Å².